The lowest BCUT2D eigenvalue weighted by Crippen LogP contribution is -2.16. The highest BCUT2D eigenvalue weighted by Crippen LogP contribution is 2.40. The summed E-state index contributed by atoms with van der Waals surface area (Å²) in [5, 5.41) is 0. The number of pyridine rings is 1. The Balaban J connectivity index is 2.43. The summed E-state index contributed by atoms with van der Waals surface area (Å²) < 4.78 is 83.4. The Morgan fingerprint density at radius 2 is 1.52 bits per heavy atom. The average molecular weight is 337 g/mol. The first-order chi connectivity index (χ1) is 10.6. The Hall–Kier alpha value is -2.45. The van der Waals surface area contributed by atoms with Gasteiger partial charge in [-0.3, -0.25) is 0 Å². The molecule has 0 aliphatic carbocycles. The summed E-state index contributed by atoms with van der Waals surface area (Å²) in [4.78, 5) is 3.25. The van der Waals surface area contributed by atoms with E-state index >= 15 is 0 Å². The maximum absolute atomic E-state index is 12.9. The molecule has 2 aromatic rings. The molecule has 0 radical (unpaired) electrons. The summed E-state index contributed by atoms with van der Waals surface area (Å²) in [6.07, 6.45) is -8.62. The Labute approximate surface area is 126 Å². The molecule has 0 spiro atoms. The average Bonchev–Trinajstić information content (AvgIpc) is 2.44. The molecule has 0 unspecified atom stereocenters. The van der Waals surface area contributed by atoms with Gasteiger partial charge in [-0.25, -0.2) is 4.98 Å². The maximum atomic E-state index is 12.9. The summed E-state index contributed by atoms with van der Waals surface area (Å²) in [7, 11) is 1.05. The van der Waals surface area contributed by atoms with Gasteiger partial charge in [-0.15, -0.1) is 13.2 Å². The number of methoxy groups -OCH3 is 1. The van der Waals surface area contributed by atoms with Crippen molar-refractivity contribution in [2.24, 2.45) is 0 Å². The first-order valence-electron chi connectivity index (χ1n) is 6.08. The van der Waals surface area contributed by atoms with Crippen molar-refractivity contribution >= 4 is 0 Å². The summed E-state index contributed by atoms with van der Waals surface area (Å²) in [5.41, 5.74) is -0.939. The maximum Gasteiger partial charge on any atom is 0.573 e. The number of nitrogens with zero attached hydrogens (tertiary/aromatic N) is 1. The van der Waals surface area contributed by atoms with Crippen LogP contribution < -0.4 is 9.47 Å². The number of alkyl halides is 6. The van der Waals surface area contributed by atoms with E-state index in [9.17, 15) is 26.3 Å². The van der Waals surface area contributed by atoms with Crippen molar-refractivity contribution in [3.05, 3.63) is 42.2 Å². The summed E-state index contributed by atoms with van der Waals surface area (Å²) in [5.74, 6) is -0.991. The quantitative estimate of drug-likeness (QED) is 0.763. The smallest absolute Gasteiger partial charge is 0.494 e. The van der Waals surface area contributed by atoms with Gasteiger partial charge < -0.3 is 9.47 Å². The molecule has 0 aliphatic rings. The van der Waals surface area contributed by atoms with Crippen molar-refractivity contribution in [1.29, 1.82) is 0 Å². The number of halogens is 6. The fourth-order valence-corrected chi connectivity index (χ4v) is 1.92. The minimum absolute atomic E-state index is 0.0494. The highest BCUT2D eigenvalue weighted by Gasteiger charge is 2.37. The molecule has 9 heteroatoms. The first-order valence-corrected chi connectivity index (χ1v) is 6.08. The van der Waals surface area contributed by atoms with Crippen molar-refractivity contribution < 1.29 is 35.8 Å². The standard InChI is InChI=1S/C14H9F6NO2/c1-22-11-10(6-7-21-12(11)13(15,16)17)8-2-4-9(5-3-8)23-14(18,19)20/h2-7H,1H3. The van der Waals surface area contributed by atoms with Crippen LogP contribution in [0.4, 0.5) is 26.3 Å². The van der Waals surface area contributed by atoms with Gasteiger partial charge in [0, 0.05) is 11.8 Å². The lowest BCUT2D eigenvalue weighted by Gasteiger charge is -2.15. The highest BCUT2D eigenvalue weighted by atomic mass is 19.4. The van der Waals surface area contributed by atoms with E-state index in [0.717, 1.165) is 25.4 Å². The minimum atomic E-state index is -4.85. The van der Waals surface area contributed by atoms with Gasteiger partial charge in [-0.2, -0.15) is 13.2 Å². The van der Waals surface area contributed by atoms with Crippen molar-refractivity contribution in [2.45, 2.75) is 12.5 Å². The zero-order chi connectivity index (χ0) is 17.3. The van der Waals surface area contributed by atoms with Crippen LogP contribution in [0.2, 0.25) is 0 Å². The van der Waals surface area contributed by atoms with E-state index in [1.165, 1.54) is 18.2 Å². The number of ether oxygens (including phenoxy) is 2. The van der Waals surface area contributed by atoms with Crippen LogP contribution in [0, 0.1) is 0 Å². The Bertz CT molecular complexity index is 679. The molecule has 0 amide bonds. The van der Waals surface area contributed by atoms with E-state index in [-0.39, 0.29) is 11.1 Å². The van der Waals surface area contributed by atoms with Gasteiger partial charge in [0.25, 0.3) is 0 Å². The van der Waals surface area contributed by atoms with E-state index in [0.29, 0.717) is 0 Å². The topological polar surface area (TPSA) is 31.4 Å². The number of hydrogen-bond donors (Lipinski definition) is 0. The predicted molar refractivity (Wildman–Crippen MR) is 67.9 cm³/mol. The molecule has 1 heterocycles. The zero-order valence-corrected chi connectivity index (χ0v) is 11.5. The second-order valence-corrected chi connectivity index (χ2v) is 4.31. The van der Waals surface area contributed by atoms with E-state index in [4.69, 9.17) is 4.74 Å². The van der Waals surface area contributed by atoms with Crippen LogP contribution in [0.1, 0.15) is 5.69 Å². The first kappa shape index (κ1) is 16.9. The molecule has 1 aromatic carbocycles. The van der Waals surface area contributed by atoms with Crippen molar-refractivity contribution in [2.75, 3.05) is 7.11 Å². The minimum Gasteiger partial charge on any atom is -0.494 e. The summed E-state index contributed by atoms with van der Waals surface area (Å²) >= 11 is 0. The van der Waals surface area contributed by atoms with Crippen LogP contribution in [0.15, 0.2) is 36.5 Å². The zero-order valence-electron chi connectivity index (χ0n) is 11.5. The summed E-state index contributed by atoms with van der Waals surface area (Å²) in [6.45, 7) is 0. The monoisotopic (exact) mass is 337 g/mol. The molecule has 0 aliphatic heterocycles. The predicted octanol–water partition coefficient (Wildman–Crippen LogP) is 4.67. The molecule has 3 nitrogen and oxygen atoms in total. The fraction of sp³-hybridized carbons (Fsp3) is 0.214. The number of hydrogen-bond acceptors (Lipinski definition) is 3. The van der Waals surface area contributed by atoms with E-state index in [1.807, 2.05) is 0 Å². The Kier molecular flexibility index (Phi) is 4.39. The third-order valence-corrected chi connectivity index (χ3v) is 2.78. The van der Waals surface area contributed by atoms with E-state index < -0.39 is 29.7 Å². The van der Waals surface area contributed by atoms with Crippen LogP contribution in [-0.2, 0) is 6.18 Å². The SMILES string of the molecule is COc1c(-c2ccc(OC(F)(F)F)cc2)ccnc1C(F)(F)F. The van der Waals surface area contributed by atoms with Gasteiger partial charge in [0.1, 0.15) is 5.75 Å². The van der Waals surface area contributed by atoms with E-state index in [2.05, 4.69) is 9.72 Å². The van der Waals surface area contributed by atoms with Gasteiger partial charge in [0.05, 0.1) is 7.11 Å². The lowest BCUT2D eigenvalue weighted by molar-refractivity contribution is -0.274. The Morgan fingerprint density at radius 1 is 0.913 bits per heavy atom. The summed E-state index contributed by atoms with van der Waals surface area (Å²) in [6, 6.07) is 5.65. The van der Waals surface area contributed by atoms with Gasteiger partial charge in [-0.1, -0.05) is 12.1 Å². The molecule has 0 saturated heterocycles. The molecule has 124 valence electrons. The molecular formula is C14H9F6NO2. The van der Waals surface area contributed by atoms with Gasteiger partial charge in [0.2, 0.25) is 0 Å². The molecular weight excluding hydrogens is 328 g/mol. The second kappa shape index (κ2) is 5.98. The number of benzene rings is 1. The van der Waals surface area contributed by atoms with Crippen LogP contribution in [0.5, 0.6) is 11.5 Å². The van der Waals surface area contributed by atoms with Gasteiger partial charge >= 0.3 is 12.5 Å². The lowest BCUT2D eigenvalue weighted by atomic mass is 10.0. The van der Waals surface area contributed by atoms with Crippen molar-refractivity contribution in [1.82, 2.24) is 4.98 Å². The van der Waals surface area contributed by atoms with Crippen LogP contribution in [-0.4, -0.2) is 18.5 Å². The third kappa shape index (κ3) is 4.05. The fourth-order valence-electron chi connectivity index (χ4n) is 1.92. The molecule has 23 heavy (non-hydrogen) atoms. The third-order valence-electron chi connectivity index (χ3n) is 2.78. The van der Waals surface area contributed by atoms with Gasteiger partial charge in [-0.05, 0) is 23.8 Å². The number of aromatic nitrogens is 1. The van der Waals surface area contributed by atoms with Crippen LogP contribution in [0.3, 0.4) is 0 Å². The molecule has 0 bridgehead atoms. The molecule has 0 atom stereocenters. The second-order valence-electron chi connectivity index (χ2n) is 4.31. The highest BCUT2D eigenvalue weighted by molar-refractivity contribution is 5.71. The van der Waals surface area contributed by atoms with E-state index in [1.54, 1.807) is 0 Å². The van der Waals surface area contributed by atoms with Gasteiger partial charge in [0.15, 0.2) is 11.4 Å². The molecule has 1 aromatic heterocycles. The Morgan fingerprint density at radius 3 is 2.00 bits per heavy atom. The normalized spacial score (nSPS) is 12.1. The number of rotatable bonds is 3. The molecule has 0 fully saturated rings. The van der Waals surface area contributed by atoms with Crippen LogP contribution in [0.25, 0.3) is 11.1 Å². The van der Waals surface area contributed by atoms with Crippen LogP contribution >= 0.6 is 0 Å². The van der Waals surface area contributed by atoms with Crippen molar-refractivity contribution in [3.63, 3.8) is 0 Å². The molecule has 0 saturated carbocycles. The largest absolute Gasteiger partial charge is 0.573 e. The molecule has 2 rings (SSSR count). The van der Waals surface area contributed by atoms with Crippen molar-refractivity contribution in [3.8, 4) is 22.6 Å². The molecule has 0 N–H and O–H groups in total.